The van der Waals surface area contributed by atoms with E-state index in [1.54, 1.807) is 18.5 Å². The van der Waals surface area contributed by atoms with E-state index >= 15 is 0 Å². The molecule has 20 heavy (non-hydrogen) atoms. The van der Waals surface area contributed by atoms with Crippen LogP contribution in [0.3, 0.4) is 0 Å². The van der Waals surface area contributed by atoms with Crippen molar-refractivity contribution >= 4 is 0 Å². The van der Waals surface area contributed by atoms with E-state index < -0.39 is 0 Å². The Morgan fingerprint density at radius 1 is 1.00 bits per heavy atom. The number of rotatable bonds is 0. The second kappa shape index (κ2) is 6.07. The molecule has 0 spiro atoms. The van der Waals surface area contributed by atoms with Crippen molar-refractivity contribution in [3.63, 3.8) is 0 Å². The quantitative estimate of drug-likeness (QED) is 0.769. The van der Waals surface area contributed by atoms with Gasteiger partial charge in [0, 0.05) is 6.20 Å². The van der Waals surface area contributed by atoms with Crippen LogP contribution in [0, 0.1) is 0 Å². The fourth-order valence-corrected chi connectivity index (χ4v) is 1.77. The van der Waals surface area contributed by atoms with Crippen LogP contribution < -0.4 is 0 Å². The lowest BCUT2D eigenvalue weighted by molar-refractivity contribution is 0.444. The van der Waals surface area contributed by atoms with Gasteiger partial charge in [0.25, 0.3) is 0 Å². The number of phenols is 1. The molecule has 4 nitrogen and oxygen atoms in total. The van der Waals surface area contributed by atoms with Gasteiger partial charge in [0.1, 0.15) is 5.75 Å². The van der Waals surface area contributed by atoms with Crippen molar-refractivity contribution in [2.75, 3.05) is 0 Å². The van der Waals surface area contributed by atoms with E-state index in [9.17, 15) is 5.11 Å². The summed E-state index contributed by atoms with van der Waals surface area (Å²) in [7, 11) is 0. The van der Waals surface area contributed by atoms with Crippen LogP contribution >= 0.6 is 0 Å². The summed E-state index contributed by atoms with van der Waals surface area (Å²) in [5, 5.41) is 19.1. The number of hydrogen-bond donors (Lipinski definition) is 2. The SMILES string of the molecule is CC(C)(C)c1ccc(O)c(C(C)(C)C)c1.c1c[nH]nn1. The van der Waals surface area contributed by atoms with Gasteiger partial charge in [-0.2, -0.15) is 0 Å². The summed E-state index contributed by atoms with van der Waals surface area (Å²) in [4.78, 5) is 0. The topological polar surface area (TPSA) is 61.8 Å². The van der Waals surface area contributed by atoms with E-state index in [1.807, 2.05) is 6.07 Å². The highest BCUT2D eigenvalue weighted by atomic mass is 16.3. The molecule has 110 valence electrons. The molecule has 4 heteroatoms. The fourth-order valence-electron chi connectivity index (χ4n) is 1.77. The molecule has 0 aliphatic rings. The van der Waals surface area contributed by atoms with Gasteiger partial charge >= 0.3 is 0 Å². The Bertz CT molecular complexity index is 502. The molecule has 0 saturated heterocycles. The zero-order valence-electron chi connectivity index (χ0n) is 13.2. The molecule has 0 aliphatic carbocycles. The van der Waals surface area contributed by atoms with Crippen LogP contribution in [0.5, 0.6) is 5.75 Å². The second-order valence-electron chi connectivity index (χ2n) is 6.89. The molecule has 0 aliphatic heterocycles. The van der Waals surface area contributed by atoms with Crippen molar-refractivity contribution in [3.05, 3.63) is 41.7 Å². The molecule has 2 rings (SSSR count). The minimum Gasteiger partial charge on any atom is -0.508 e. The van der Waals surface area contributed by atoms with Crippen molar-refractivity contribution < 1.29 is 5.11 Å². The third-order valence-corrected chi connectivity index (χ3v) is 3.00. The number of H-pyrrole nitrogens is 1. The number of aromatic hydroxyl groups is 1. The molecular formula is C16H25N3O. The maximum atomic E-state index is 9.84. The Hall–Kier alpha value is -1.84. The van der Waals surface area contributed by atoms with Crippen LogP contribution in [0.15, 0.2) is 30.6 Å². The zero-order valence-corrected chi connectivity index (χ0v) is 13.2. The third-order valence-electron chi connectivity index (χ3n) is 3.00. The highest BCUT2D eigenvalue weighted by molar-refractivity contribution is 5.42. The van der Waals surface area contributed by atoms with Crippen molar-refractivity contribution in [1.29, 1.82) is 0 Å². The average Bonchev–Trinajstić information content (AvgIpc) is 2.84. The lowest BCUT2D eigenvalue weighted by Gasteiger charge is -2.25. The van der Waals surface area contributed by atoms with E-state index in [4.69, 9.17) is 0 Å². The molecule has 0 amide bonds. The number of aromatic amines is 1. The maximum Gasteiger partial charge on any atom is 0.119 e. The van der Waals surface area contributed by atoms with Crippen LogP contribution in [0.4, 0.5) is 0 Å². The molecular weight excluding hydrogens is 250 g/mol. The first-order valence-corrected chi connectivity index (χ1v) is 6.77. The van der Waals surface area contributed by atoms with E-state index in [1.165, 1.54) is 5.56 Å². The molecule has 2 N–H and O–H groups in total. The highest BCUT2D eigenvalue weighted by Crippen LogP contribution is 2.34. The minimum atomic E-state index is -0.00859. The molecule has 0 radical (unpaired) electrons. The summed E-state index contributed by atoms with van der Waals surface area (Å²) in [5.41, 5.74) is 2.42. The lowest BCUT2D eigenvalue weighted by atomic mass is 9.80. The molecule has 2 aromatic rings. The van der Waals surface area contributed by atoms with Gasteiger partial charge in [0.15, 0.2) is 0 Å². The lowest BCUT2D eigenvalue weighted by Crippen LogP contribution is -2.16. The van der Waals surface area contributed by atoms with Crippen LogP contribution in [0.25, 0.3) is 0 Å². The van der Waals surface area contributed by atoms with Gasteiger partial charge in [0.05, 0.1) is 6.20 Å². The minimum absolute atomic E-state index is 0.00859. The van der Waals surface area contributed by atoms with E-state index in [2.05, 4.69) is 63.0 Å². The highest BCUT2D eigenvalue weighted by Gasteiger charge is 2.21. The number of benzene rings is 1. The van der Waals surface area contributed by atoms with Crippen molar-refractivity contribution in [2.45, 2.75) is 52.4 Å². The zero-order chi connectivity index (χ0) is 15.4. The van der Waals surface area contributed by atoms with Crippen LogP contribution in [-0.4, -0.2) is 20.5 Å². The van der Waals surface area contributed by atoms with Gasteiger partial charge in [-0.15, -0.1) is 5.10 Å². The summed E-state index contributed by atoms with van der Waals surface area (Å²) in [5.74, 6) is 0.399. The molecule has 0 unspecified atom stereocenters. The standard InChI is InChI=1S/C14H22O.C2H3N3/c1-13(2,3)10-7-8-12(15)11(9-10)14(4,5)6;1-2-4-5-3-1/h7-9,15H,1-6H3;1-2H,(H,3,4,5). The summed E-state index contributed by atoms with van der Waals surface area (Å²) >= 11 is 0. The van der Waals surface area contributed by atoms with E-state index in [0.29, 0.717) is 5.75 Å². The Labute approximate surface area is 121 Å². The first-order chi connectivity index (χ1) is 9.12. The summed E-state index contributed by atoms with van der Waals surface area (Å²) in [6.45, 7) is 12.9. The van der Waals surface area contributed by atoms with Crippen LogP contribution in [0.1, 0.15) is 52.7 Å². The number of nitrogens with zero attached hydrogens (tertiary/aromatic N) is 2. The predicted molar refractivity (Wildman–Crippen MR) is 81.9 cm³/mol. The number of hydrogen-bond acceptors (Lipinski definition) is 3. The van der Waals surface area contributed by atoms with E-state index in [-0.39, 0.29) is 10.8 Å². The predicted octanol–water partition coefficient (Wildman–Crippen LogP) is 3.79. The van der Waals surface area contributed by atoms with Gasteiger partial charge < -0.3 is 5.11 Å². The Morgan fingerprint density at radius 3 is 2.00 bits per heavy atom. The molecule has 0 fully saturated rings. The fraction of sp³-hybridized carbons (Fsp3) is 0.500. The molecule has 1 aromatic heterocycles. The average molecular weight is 275 g/mol. The first kappa shape index (κ1) is 16.2. The van der Waals surface area contributed by atoms with Gasteiger partial charge in [-0.25, -0.2) is 0 Å². The Morgan fingerprint density at radius 2 is 1.65 bits per heavy atom. The van der Waals surface area contributed by atoms with Crippen LogP contribution in [0.2, 0.25) is 0 Å². The molecule has 1 aromatic carbocycles. The van der Waals surface area contributed by atoms with Crippen molar-refractivity contribution in [3.8, 4) is 5.75 Å². The number of nitrogens with one attached hydrogen (secondary N) is 1. The summed E-state index contributed by atoms with van der Waals surface area (Å²) in [6, 6.07) is 5.93. The molecule has 0 atom stereocenters. The van der Waals surface area contributed by atoms with Gasteiger partial charge in [-0.1, -0.05) is 58.9 Å². The Balaban J connectivity index is 0.000000333. The summed E-state index contributed by atoms with van der Waals surface area (Å²) < 4.78 is 0. The first-order valence-electron chi connectivity index (χ1n) is 6.77. The molecule has 0 saturated carbocycles. The smallest absolute Gasteiger partial charge is 0.119 e. The number of phenolic OH excluding ortho intramolecular Hbond substituents is 1. The number of aromatic nitrogens is 3. The van der Waals surface area contributed by atoms with Crippen LogP contribution in [-0.2, 0) is 10.8 Å². The maximum absolute atomic E-state index is 9.84. The van der Waals surface area contributed by atoms with Gasteiger partial charge in [-0.05, 0) is 28.0 Å². The molecule has 0 bridgehead atoms. The molecule has 1 heterocycles. The van der Waals surface area contributed by atoms with E-state index in [0.717, 1.165) is 5.56 Å². The summed E-state index contributed by atoms with van der Waals surface area (Å²) in [6.07, 6.45) is 3.24. The van der Waals surface area contributed by atoms with Crippen molar-refractivity contribution in [1.82, 2.24) is 15.4 Å². The van der Waals surface area contributed by atoms with Gasteiger partial charge in [0.2, 0.25) is 0 Å². The third kappa shape index (κ3) is 4.68. The largest absolute Gasteiger partial charge is 0.508 e. The monoisotopic (exact) mass is 275 g/mol. The van der Waals surface area contributed by atoms with Crippen molar-refractivity contribution in [2.24, 2.45) is 0 Å². The second-order valence-corrected chi connectivity index (χ2v) is 6.89. The Kier molecular flexibility index (Phi) is 4.93. The normalized spacial score (nSPS) is 11.7. The van der Waals surface area contributed by atoms with Gasteiger partial charge in [-0.3, -0.25) is 5.10 Å².